The summed E-state index contributed by atoms with van der Waals surface area (Å²) in [5, 5.41) is 2.81. The van der Waals surface area contributed by atoms with Crippen LogP contribution in [0.25, 0.3) is 0 Å². The number of benzene rings is 2. The minimum absolute atomic E-state index is 0.0583. The van der Waals surface area contributed by atoms with E-state index in [2.05, 4.69) is 10.0 Å². The molecule has 27 heavy (non-hydrogen) atoms. The van der Waals surface area contributed by atoms with E-state index in [9.17, 15) is 13.2 Å². The van der Waals surface area contributed by atoms with Crippen molar-refractivity contribution in [2.24, 2.45) is 0 Å². The molecule has 146 valence electrons. The number of nitrogens with zero attached hydrogens (tertiary/aromatic N) is 1. The summed E-state index contributed by atoms with van der Waals surface area (Å²) in [5.41, 5.74) is 1.95. The number of hydrogen-bond donors (Lipinski definition) is 2. The molecule has 0 aromatic heterocycles. The number of carbonyl (C=O) groups is 1. The van der Waals surface area contributed by atoms with Gasteiger partial charge in [-0.05, 0) is 69.4 Å². The van der Waals surface area contributed by atoms with Crippen LogP contribution in [0.5, 0.6) is 0 Å². The van der Waals surface area contributed by atoms with Crippen LogP contribution in [0.3, 0.4) is 0 Å². The third-order valence-electron chi connectivity index (χ3n) is 4.09. The third-order valence-corrected chi connectivity index (χ3v) is 5.47. The molecule has 2 N–H and O–H groups in total. The molecule has 2 aromatic carbocycles. The topological polar surface area (TPSA) is 78.5 Å². The van der Waals surface area contributed by atoms with Gasteiger partial charge in [-0.1, -0.05) is 25.1 Å². The second kappa shape index (κ2) is 9.53. The fourth-order valence-corrected chi connectivity index (χ4v) is 3.63. The second-order valence-corrected chi connectivity index (χ2v) is 8.28. The van der Waals surface area contributed by atoms with E-state index in [0.717, 1.165) is 24.9 Å². The molecule has 0 atom stereocenters. The van der Waals surface area contributed by atoms with Crippen molar-refractivity contribution in [3.05, 3.63) is 59.7 Å². The fourth-order valence-electron chi connectivity index (χ4n) is 2.53. The Morgan fingerprint density at radius 2 is 1.78 bits per heavy atom. The number of nitrogens with one attached hydrogen (secondary N) is 2. The Kier molecular flexibility index (Phi) is 7.38. The van der Waals surface area contributed by atoms with E-state index in [1.165, 1.54) is 12.1 Å². The lowest BCUT2D eigenvalue weighted by molar-refractivity contribution is 0.0952. The van der Waals surface area contributed by atoms with Gasteiger partial charge < -0.3 is 10.2 Å². The van der Waals surface area contributed by atoms with E-state index in [4.69, 9.17) is 0 Å². The second-order valence-electron chi connectivity index (χ2n) is 6.60. The molecule has 0 aliphatic carbocycles. The summed E-state index contributed by atoms with van der Waals surface area (Å²) in [6, 6.07) is 13.3. The first kappa shape index (κ1) is 20.9. The molecule has 0 aliphatic rings. The van der Waals surface area contributed by atoms with Crippen molar-refractivity contribution < 1.29 is 13.2 Å². The highest BCUT2D eigenvalue weighted by Gasteiger charge is 2.16. The Morgan fingerprint density at radius 3 is 2.41 bits per heavy atom. The maximum absolute atomic E-state index is 12.6. The van der Waals surface area contributed by atoms with Crippen molar-refractivity contribution in [2.45, 2.75) is 24.7 Å². The van der Waals surface area contributed by atoms with Gasteiger partial charge in [0.2, 0.25) is 0 Å². The van der Waals surface area contributed by atoms with Crippen LogP contribution in [0.1, 0.15) is 29.3 Å². The minimum atomic E-state index is -3.76. The summed E-state index contributed by atoms with van der Waals surface area (Å²) in [7, 11) is 0.180. The van der Waals surface area contributed by atoms with Crippen molar-refractivity contribution in [3.63, 3.8) is 0 Å². The Morgan fingerprint density at radius 1 is 1.07 bits per heavy atom. The molecule has 0 aliphatic heterocycles. The zero-order chi connectivity index (χ0) is 19.9. The van der Waals surface area contributed by atoms with Crippen LogP contribution in [0.15, 0.2) is 53.4 Å². The molecule has 2 rings (SSSR count). The lowest BCUT2D eigenvalue weighted by Crippen LogP contribution is -2.27. The number of rotatable bonds is 9. The molecular weight excluding hydrogens is 362 g/mol. The Bertz CT molecular complexity index is 862. The fraction of sp³-hybridized carbons (Fsp3) is 0.350. The number of aryl methyl sites for hydroxylation is 1. The molecule has 7 heteroatoms. The zero-order valence-corrected chi connectivity index (χ0v) is 16.8. The predicted molar refractivity (Wildman–Crippen MR) is 109 cm³/mol. The molecule has 0 spiro atoms. The van der Waals surface area contributed by atoms with Gasteiger partial charge in [-0.3, -0.25) is 9.52 Å². The van der Waals surface area contributed by atoms with E-state index in [1.54, 1.807) is 24.3 Å². The lowest BCUT2D eigenvalue weighted by atomic mass is 10.2. The minimum Gasteiger partial charge on any atom is -0.352 e. The summed E-state index contributed by atoms with van der Waals surface area (Å²) in [6.45, 7) is 3.45. The third kappa shape index (κ3) is 6.37. The van der Waals surface area contributed by atoms with Crippen molar-refractivity contribution in [2.75, 3.05) is 31.9 Å². The van der Waals surface area contributed by atoms with Gasteiger partial charge in [0.05, 0.1) is 4.90 Å². The standard InChI is InChI=1S/C20H27N3O3S/c1-4-16-9-11-18(12-10-16)22-27(25,26)19-8-5-7-17(15-19)20(24)21-13-6-14-23(2)3/h5,7-12,15,22H,4,6,13-14H2,1-3H3,(H,21,24). The first-order valence-electron chi connectivity index (χ1n) is 8.96. The maximum Gasteiger partial charge on any atom is 0.261 e. The van der Waals surface area contributed by atoms with Gasteiger partial charge in [0, 0.05) is 17.8 Å². The zero-order valence-electron chi connectivity index (χ0n) is 16.0. The SMILES string of the molecule is CCc1ccc(NS(=O)(=O)c2cccc(C(=O)NCCCN(C)C)c2)cc1. The number of hydrogen-bond acceptors (Lipinski definition) is 4. The molecule has 2 aromatic rings. The lowest BCUT2D eigenvalue weighted by Gasteiger charge is -2.11. The highest BCUT2D eigenvalue weighted by Crippen LogP contribution is 2.18. The van der Waals surface area contributed by atoms with Crippen LogP contribution in [0, 0.1) is 0 Å². The number of carbonyl (C=O) groups excluding carboxylic acids is 1. The molecule has 0 bridgehead atoms. The van der Waals surface area contributed by atoms with Crippen molar-refractivity contribution in [1.82, 2.24) is 10.2 Å². The largest absolute Gasteiger partial charge is 0.352 e. The van der Waals surface area contributed by atoms with Crippen LogP contribution in [-0.4, -0.2) is 46.4 Å². The average Bonchev–Trinajstić information content (AvgIpc) is 2.65. The van der Waals surface area contributed by atoms with E-state index in [1.807, 2.05) is 38.1 Å². The summed E-state index contributed by atoms with van der Waals surface area (Å²) in [5.74, 6) is -0.280. The molecule has 0 heterocycles. The number of anilines is 1. The van der Waals surface area contributed by atoms with Gasteiger partial charge in [-0.15, -0.1) is 0 Å². The molecule has 0 radical (unpaired) electrons. The van der Waals surface area contributed by atoms with Gasteiger partial charge in [-0.25, -0.2) is 8.42 Å². The summed E-state index contributed by atoms with van der Waals surface area (Å²) in [6.07, 6.45) is 1.71. The monoisotopic (exact) mass is 389 g/mol. The molecule has 0 unspecified atom stereocenters. The van der Waals surface area contributed by atoms with Crippen LogP contribution >= 0.6 is 0 Å². The smallest absolute Gasteiger partial charge is 0.261 e. The quantitative estimate of drug-likeness (QED) is 0.647. The van der Waals surface area contributed by atoms with Crippen LogP contribution < -0.4 is 10.0 Å². The first-order valence-corrected chi connectivity index (χ1v) is 10.4. The molecule has 6 nitrogen and oxygen atoms in total. The first-order chi connectivity index (χ1) is 12.8. The Hall–Kier alpha value is -2.38. The van der Waals surface area contributed by atoms with Crippen LogP contribution in [-0.2, 0) is 16.4 Å². The Labute approximate surface area is 161 Å². The van der Waals surface area contributed by atoms with Gasteiger partial charge in [0.15, 0.2) is 0 Å². The highest BCUT2D eigenvalue weighted by atomic mass is 32.2. The van der Waals surface area contributed by atoms with Crippen molar-refractivity contribution >= 4 is 21.6 Å². The van der Waals surface area contributed by atoms with Gasteiger partial charge >= 0.3 is 0 Å². The number of sulfonamides is 1. The van der Waals surface area contributed by atoms with Gasteiger partial charge in [0.25, 0.3) is 15.9 Å². The molecule has 1 amide bonds. The van der Waals surface area contributed by atoms with Crippen molar-refractivity contribution in [1.29, 1.82) is 0 Å². The normalized spacial score (nSPS) is 11.4. The van der Waals surface area contributed by atoms with Gasteiger partial charge in [-0.2, -0.15) is 0 Å². The molecule has 0 saturated carbocycles. The summed E-state index contributed by atoms with van der Waals surface area (Å²) < 4.78 is 27.8. The molecule has 0 fully saturated rings. The van der Waals surface area contributed by atoms with Gasteiger partial charge in [0.1, 0.15) is 0 Å². The summed E-state index contributed by atoms with van der Waals surface area (Å²) in [4.78, 5) is 14.4. The maximum atomic E-state index is 12.6. The van der Waals surface area contributed by atoms with E-state index in [-0.39, 0.29) is 10.8 Å². The van der Waals surface area contributed by atoms with Crippen LogP contribution in [0.2, 0.25) is 0 Å². The predicted octanol–water partition coefficient (Wildman–Crippen LogP) is 2.73. The van der Waals surface area contributed by atoms with E-state index >= 15 is 0 Å². The van der Waals surface area contributed by atoms with E-state index in [0.29, 0.717) is 17.8 Å². The molecule has 0 saturated heterocycles. The Balaban J connectivity index is 2.06. The highest BCUT2D eigenvalue weighted by molar-refractivity contribution is 7.92. The number of amides is 1. The van der Waals surface area contributed by atoms with Crippen molar-refractivity contribution in [3.8, 4) is 0 Å². The molecular formula is C20H27N3O3S. The van der Waals surface area contributed by atoms with Crippen LogP contribution in [0.4, 0.5) is 5.69 Å². The summed E-state index contributed by atoms with van der Waals surface area (Å²) >= 11 is 0. The average molecular weight is 390 g/mol. The van der Waals surface area contributed by atoms with E-state index < -0.39 is 10.0 Å².